The lowest BCUT2D eigenvalue weighted by molar-refractivity contribution is 0.0549. The minimum atomic E-state index is -0.919. The summed E-state index contributed by atoms with van der Waals surface area (Å²) in [6, 6.07) is 9.84. The van der Waals surface area contributed by atoms with Crippen molar-refractivity contribution in [2.45, 2.75) is 0 Å². The molecule has 29 heavy (non-hydrogen) atoms. The van der Waals surface area contributed by atoms with Gasteiger partial charge in [0.2, 0.25) is 0 Å². The van der Waals surface area contributed by atoms with E-state index in [4.69, 9.17) is 32.7 Å². The first kappa shape index (κ1) is 21.3. The molecule has 0 aliphatic carbocycles. The topological polar surface area (TPSA) is 70.4 Å². The van der Waals surface area contributed by atoms with E-state index in [9.17, 15) is 9.59 Å². The monoisotopic (exact) mass is 500 g/mol. The molecule has 1 heterocycles. The van der Waals surface area contributed by atoms with Gasteiger partial charge in [0.05, 0.1) is 35.5 Å². The largest absolute Gasteiger partial charge is 0.465 e. The van der Waals surface area contributed by atoms with Crippen LogP contribution in [0, 0.1) is 5.82 Å². The van der Waals surface area contributed by atoms with E-state index in [1.165, 1.54) is 10.7 Å². The molecule has 0 bridgehead atoms. The number of carbonyl (C=O) groups is 2. The van der Waals surface area contributed by atoms with Gasteiger partial charge in [0.1, 0.15) is 11.3 Å². The zero-order valence-electron chi connectivity index (χ0n) is 15.0. The quantitative estimate of drug-likeness (QED) is 0.275. The number of benzene rings is 2. The van der Waals surface area contributed by atoms with E-state index in [1.54, 1.807) is 30.3 Å². The van der Waals surface area contributed by atoms with Crippen LogP contribution in [0.4, 0.5) is 4.39 Å². The van der Waals surface area contributed by atoms with E-state index in [0.717, 1.165) is 14.2 Å². The van der Waals surface area contributed by atoms with Gasteiger partial charge in [0.25, 0.3) is 0 Å². The Morgan fingerprint density at radius 1 is 1.10 bits per heavy atom. The van der Waals surface area contributed by atoms with Crippen molar-refractivity contribution in [3.63, 3.8) is 0 Å². The van der Waals surface area contributed by atoms with Gasteiger partial charge in [-0.25, -0.2) is 18.7 Å². The average molecular weight is 502 g/mol. The molecule has 0 saturated heterocycles. The Hall–Kier alpha value is -2.42. The molecule has 6 nitrogen and oxygen atoms in total. The van der Waals surface area contributed by atoms with Gasteiger partial charge in [-0.3, -0.25) is 0 Å². The molecule has 0 N–H and O–H groups in total. The highest BCUT2D eigenvalue weighted by atomic mass is 79.9. The SMILES string of the molecule is COC(=O)c1c(-c2c(Cl)cc(Br)c(Cl)c2F)nn(-c2ccccc2)c1C(=O)OC. The molecule has 0 aliphatic heterocycles. The molecule has 2 aromatic carbocycles. The molecule has 0 radical (unpaired) electrons. The van der Waals surface area contributed by atoms with Crippen LogP contribution in [0.1, 0.15) is 20.8 Å². The number of hydrogen-bond donors (Lipinski definition) is 0. The number of methoxy groups -OCH3 is 2. The zero-order chi connectivity index (χ0) is 21.3. The molecule has 0 atom stereocenters. The summed E-state index contributed by atoms with van der Waals surface area (Å²) in [5, 5.41) is 3.97. The van der Waals surface area contributed by atoms with Gasteiger partial charge in [-0.05, 0) is 34.1 Å². The number of ether oxygens (including phenoxy) is 2. The average Bonchev–Trinajstić information content (AvgIpc) is 3.11. The van der Waals surface area contributed by atoms with Gasteiger partial charge in [-0.15, -0.1) is 0 Å². The molecule has 10 heteroatoms. The van der Waals surface area contributed by atoms with Crippen LogP contribution in [0.2, 0.25) is 10.0 Å². The molecule has 0 amide bonds. The van der Waals surface area contributed by atoms with Crippen molar-refractivity contribution in [3.8, 4) is 16.9 Å². The highest BCUT2D eigenvalue weighted by Gasteiger charge is 2.34. The molecular weight excluding hydrogens is 490 g/mol. The second-order valence-electron chi connectivity index (χ2n) is 5.65. The van der Waals surface area contributed by atoms with E-state index in [-0.39, 0.29) is 37.0 Å². The molecule has 0 saturated carbocycles. The summed E-state index contributed by atoms with van der Waals surface area (Å²) in [6.07, 6.45) is 0. The summed E-state index contributed by atoms with van der Waals surface area (Å²) in [6.45, 7) is 0. The van der Waals surface area contributed by atoms with E-state index in [0.29, 0.717) is 5.69 Å². The maximum absolute atomic E-state index is 15.0. The Balaban J connectivity index is 2.46. The molecule has 0 fully saturated rings. The van der Waals surface area contributed by atoms with Gasteiger partial charge in [0.15, 0.2) is 11.5 Å². The number of rotatable bonds is 4. The van der Waals surface area contributed by atoms with Crippen LogP contribution in [0.15, 0.2) is 40.9 Å². The van der Waals surface area contributed by atoms with Crippen LogP contribution in [-0.2, 0) is 9.47 Å². The van der Waals surface area contributed by atoms with Crippen LogP contribution in [-0.4, -0.2) is 35.9 Å². The molecule has 0 aliphatic rings. The molecule has 0 unspecified atom stereocenters. The van der Waals surface area contributed by atoms with Crippen molar-refractivity contribution in [1.82, 2.24) is 9.78 Å². The van der Waals surface area contributed by atoms with Crippen molar-refractivity contribution in [2.75, 3.05) is 14.2 Å². The first-order valence-corrected chi connectivity index (χ1v) is 9.55. The summed E-state index contributed by atoms with van der Waals surface area (Å²) >= 11 is 15.3. The number of para-hydroxylation sites is 1. The van der Waals surface area contributed by atoms with E-state index >= 15 is 4.39 Å². The zero-order valence-corrected chi connectivity index (χ0v) is 18.1. The number of halogens is 4. The van der Waals surface area contributed by atoms with Crippen LogP contribution >= 0.6 is 39.1 Å². The lowest BCUT2D eigenvalue weighted by Gasteiger charge is -2.09. The highest BCUT2D eigenvalue weighted by Crippen LogP contribution is 2.41. The third kappa shape index (κ3) is 3.75. The Bertz CT molecular complexity index is 1120. The number of nitrogens with zero attached hydrogens (tertiary/aromatic N) is 2. The highest BCUT2D eigenvalue weighted by molar-refractivity contribution is 9.10. The molecule has 3 rings (SSSR count). The number of aromatic nitrogens is 2. The predicted molar refractivity (Wildman–Crippen MR) is 109 cm³/mol. The first-order valence-electron chi connectivity index (χ1n) is 8.00. The minimum Gasteiger partial charge on any atom is -0.465 e. The second kappa shape index (κ2) is 8.52. The molecule has 3 aromatic rings. The Labute approximate surface area is 183 Å². The predicted octanol–water partition coefficient (Wildman–Crippen LogP) is 5.32. The lowest BCUT2D eigenvalue weighted by Crippen LogP contribution is -2.15. The fourth-order valence-electron chi connectivity index (χ4n) is 2.71. The summed E-state index contributed by atoms with van der Waals surface area (Å²) in [4.78, 5) is 25.1. The number of hydrogen-bond acceptors (Lipinski definition) is 5. The number of carbonyl (C=O) groups excluding carboxylic acids is 2. The third-order valence-corrected chi connectivity index (χ3v) is 5.53. The van der Waals surface area contributed by atoms with Crippen molar-refractivity contribution in [3.05, 3.63) is 68.0 Å². The number of esters is 2. The van der Waals surface area contributed by atoms with Gasteiger partial charge >= 0.3 is 11.9 Å². The van der Waals surface area contributed by atoms with Crippen LogP contribution < -0.4 is 0 Å². The van der Waals surface area contributed by atoms with Crippen LogP contribution in [0.25, 0.3) is 16.9 Å². The van der Waals surface area contributed by atoms with E-state index in [1.807, 2.05) is 0 Å². The van der Waals surface area contributed by atoms with Crippen molar-refractivity contribution in [1.29, 1.82) is 0 Å². The van der Waals surface area contributed by atoms with Gasteiger partial charge in [-0.1, -0.05) is 41.4 Å². The Morgan fingerprint density at radius 3 is 2.31 bits per heavy atom. The van der Waals surface area contributed by atoms with Crippen LogP contribution in [0.5, 0.6) is 0 Å². The van der Waals surface area contributed by atoms with Gasteiger partial charge in [0, 0.05) is 4.47 Å². The normalized spacial score (nSPS) is 10.7. The maximum atomic E-state index is 15.0. The summed E-state index contributed by atoms with van der Waals surface area (Å²) in [5.41, 5.74) is -0.570. The molecular formula is C19H12BrCl2FN2O4. The van der Waals surface area contributed by atoms with Crippen molar-refractivity contribution < 1.29 is 23.5 Å². The van der Waals surface area contributed by atoms with Gasteiger partial charge in [-0.2, -0.15) is 5.10 Å². The summed E-state index contributed by atoms with van der Waals surface area (Å²) in [7, 11) is 2.27. The first-order chi connectivity index (χ1) is 13.8. The standard InChI is InChI=1S/C19H12BrCl2FN2O4/c1-28-18(26)13-16(12-11(21)8-10(20)14(22)15(12)23)24-25(17(13)19(27)29-2)9-6-4-3-5-7-9/h3-8H,1-2H3. The third-order valence-electron chi connectivity index (χ3n) is 4.01. The van der Waals surface area contributed by atoms with Crippen molar-refractivity contribution in [2.24, 2.45) is 0 Å². The summed E-state index contributed by atoms with van der Waals surface area (Å²) in [5.74, 6) is -2.70. The molecule has 150 valence electrons. The van der Waals surface area contributed by atoms with Crippen molar-refractivity contribution >= 4 is 51.1 Å². The Morgan fingerprint density at radius 2 is 1.72 bits per heavy atom. The lowest BCUT2D eigenvalue weighted by atomic mass is 10.0. The smallest absolute Gasteiger partial charge is 0.357 e. The fraction of sp³-hybridized carbons (Fsp3) is 0.105. The minimum absolute atomic E-state index is 0.0712. The summed E-state index contributed by atoms with van der Waals surface area (Å²) < 4.78 is 26.0. The van der Waals surface area contributed by atoms with Gasteiger partial charge < -0.3 is 9.47 Å². The second-order valence-corrected chi connectivity index (χ2v) is 7.29. The van der Waals surface area contributed by atoms with E-state index < -0.39 is 17.8 Å². The van der Waals surface area contributed by atoms with E-state index in [2.05, 4.69) is 21.0 Å². The van der Waals surface area contributed by atoms with Crippen LogP contribution in [0.3, 0.4) is 0 Å². The molecule has 0 spiro atoms. The maximum Gasteiger partial charge on any atom is 0.357 e. The Kier molecular flexibility index (Phi) is 6.26. The fourth-order valence-corrected chi connectivity index (χ4v) is 3.68. The molecule has 1 aromatic heterocycles.